The highest BCUT2D eigenvalue weighted by Gasteiger charge is 2.15. The van der Waals surface area contributed by atoms with Crippen LogP contribution in [-0.2, 0) is 4.74 Å². The molecule has 0 saturated heterocycles. The zero-order valence-corrected chi connectivity index (χ0v) is 8.21. The van der Waals surface area contributed by atoms with Crippen molar-refractivity contribution in [1.29, 1.82) is 0 Å². The molecular weight excluding hydrogens is 200 g/mol. The molecule has 0 aliphatic carbocycles. The number of hydrogen-bond donors (Lipinski definition) is 0. The van der Waals surface area contributed by atoms with Crippen LogP contribution in [0.2, 0.25) is 0 Å². The molecule has 0 bridgehead atoms. The molecule has 2 rings (SSSR count). The van der Waals surface area contributed by atoms with E-state index in [1.54, 1.807) is 13.8 Å². The monoisotopic (exact) mass is 208 g/mol. The molecule has 0 aliphatic heterocycles. The van der Waals surface area contributed by atoms with Gasteiger partial charge in [0.1, 0.15) is 0 Å². The van der Waals surface area contributed by atoms with Crippen LogP contribution in [0.1, 0.15) is 23.1 Å². The van der Waals surface area contributed by atoms with Crippen molar-refractivity contribution in [3.63, 3.8) is 0 Å². The highest BCUT2D eigenvalue weighted by Crippen LogP contribution is 2.03. The maximum atomic E-state index is 11.4. The molecule has 8 nitrogen and oxygen atoms in total. The Kier molecular flexibility index (Phi) is 2.24. The van der Waals surface area contributed by atoms with E-state index in [0.717, 1.165) is 4.63 Å². The molecule has 2 aromatic rings. The van der Waals surface area contributed by atoms with E-state index in [1.807, 2.05) is 0 Å². The summed E-state index contributed by atoms with van der Waals surface area (Å²) in [6, 6.07) is 0. The van der Waals surface area contributed by atoms with Crippen molar-refractivity contribution in [3.8, 4) is 0 Å². The average Bonchev–Trinajstić information content (AvgIpc) is 2.63. The Morgan fingerprint density at radius 3 is 3.07 bits per heavy atom. The normalized spacial score (nSPS) is 10.5. The maximum absolute atomic E-state index is 11.4. The summed E-state index contributed by atoms with van der Waals surface area (Å²) in [5.74, 6) is -0.277. The number of esters is 1. The summed E-state index contributed by atoms with van der Waals surface area (Å²) >= 11 is 0. The van der Waals surface area contributed by atoms with Gasteiger partial charge < -0.3 is 4.74 Å². The van der Waals surface area contributed by atoms with Crippen LogP contribution in [0.25, 0.3) is 5.78 Å². The van der Waals surface area contributed by atoms with Crippen molar-refractivity contribution >= 4 is 11.7 Å². The smallest absolute Gasteiger partial charge is 0.360 e. The van der Waals surface area contributed by atoms with Gasteiger partial charge in [-0.2, -0.15) is 0 Å². The Bertz CT molecular complexity index is 507. The Morgan fingerprint density at radius 1 is 1.53 bits per heavy atom. The highest BCUT2D eigenvalue weighted by molar-refractivity contribution is 5.88. The molecule has 0 atom stereocenters. The lowest BCUT2D eigenvalue weighted by Gasteiger charge is -2.02. The molecule has 0 aromatic carbocycles. The second-order valence-corrected chi connectivity index (χ2v) is 2.73. The summed E-state index contributed by atoms with van der Waals surface area (Å²) in [4.78, 5) is 15.4. The summed E-state index contributed by atoms with van der Waals surface area (Å²) in [6.07, 6.45) is 0. The number of nitrogens with zero attached hydrogens (tertiary/aromatic N) is 6. The topological polar surface area (TPSA) is 95.2 Å². The van der Waals surface area contributed by atoms with Crippen molar-refractivity contribution in [2.75, 3.05) is 6.61 Å². The Balaban J connectivity index is 2.50. The molecule has 15 heavy (non-hydrogen) atoms. The van der Waals surface area contributed by atoms with Crippen LogP contribution >= 0.6 is 0 Å². The number of ether oxygens (including phenoxy) is 1. The van der Waals surface area contributed by atoms with Crippen molar-refractivity contribution in [2.45, 2.75) is 13.8 Å². The van der Waals surface area contributed by atoms with Gasteiger partial charge in [0, 0.05) is 0 Å². The summed E-state index contributed by atoms with van der Waals surface area (Å²) in [7, 11) is 0. The van der Waals surface area contributed by atoms with Gasteiger partial charge in [0.2, 0.25) is 0 Å². The molecule has 0 saturated carbocycles. The van der Waals surface area contributed by atoms with Crippen LogP contribution in [0, 0.1) is 6.92 Å². The van der Waals surface area contributed by atoms with Gasteiger partial charge in [0.15, 0.2) is 5.69 Å². The lowest BCUT2D eigenvalue weighted by Crippen LogP contribution is -2.14. The van der Waals surface area contributed by atoms with Crippen molar-refractivity contribution in [1.82, 2.24) is 30.2 Å². The number of rotatable bonds is 2. The predicted molar refractivity (Wildman–Crippen MR) is 47.1 cm³/mol. The van der Waals surface area contributed by atoms with Gasteiger partial charge in [0.25, 0.3) is 5.78 Å². The fourth-order valence-electron chi connectivity index (χ4n) is 1.07. The quantitative estimate of drug-likeness (QED) is 0.608. The minimum atomic E-state index is -0.528. The first-order chi connectivity index (χ1) is 7.22. The van der Waals surface area contributed by atoms with Gasteiger partial charge in [0.05, 0.1) is 12.3 Å². The van der Waals surface area contributed by atoms with E-state index in [4.69, 9.17) is 4.74 Å². The minimum Gasteiger partial charge on any atom is -0.461 e. The summed E-state index contributed by atoms with van der Waals surface area (Å²) in [5, 5.41) is 14.4. The first-order valence-corrected chi connectivity index (χ1v) is 4.32. The van der Waals surface area contributed by atoms with E-state index in [2.05, 4.69) is 25.6 Å². The van der Waals surface area contributed by atoms with E-state index in [1.165, 1.54) is 0 Å². The van der Waals surface area contributed by atoms with Gasteiger partial charge >= 0.3 is 5.97 Å². The van der Waals surface area contributed by atoms with Crippen molar-refractivity contribution in [2.24, 2.45) is 0 Å². The third-order valence-corrected chi connectivity index (χ3v) is 1.71. The Morgan fingerprint density at radius 2 is 2.33 bits per heavy atom. The number of aromatic nitrogens is 6. The second kappa shape index (κ2) is 3.56. The number of carbonyl (C=O) groups excluding carboxylic acids is 1. The number of hydrogen-bond acceptors (Lipinski definition) is 7. The molecule has 0 amide bonds. The minimum absolute atomic E-state index is 0.122. The van der Waals surface area contributed by atoms with Crippen LogP contribution in [-0.4, -0.2) is 42.8 Å². The largest absolute Gasteiger partial charge is 0.461 e. The number of tetrazole rings is 1. The maximum Gasteiger partial charge on any atom is 0.360 e. The molecule has 2 aromatic heterocycles. The standard InChI is InChI=1S/C7H8N6O2/c1-3-15-6(14)5-4(2)8-7-9-11-12-13(7)10-5/h3H2,1-2H3. The molecule has 0 fully saturated rings. The lowest BCUT2D eigenvalue weighted by atomic mass is 10.3. The molecule has 78 valence electrons. The summed E-state index contributed by atoms with van der Waals surface area (Å²) < 4.78 is 5.89. The van der Waals surface area contributed by atoms with E-state index in [-0.39, 0.29) is 18.1 Å². The van der Waals surface area contributed by atoms with Crippen molar-refractivity contribution < 1.29 is 9.53 Å². The summed E-state index contributed by atoms with van der Waals surface area (Å²) in [6.45, 7) is 3.65. The van der Waals surface area contributed by atoms with Crippen LogP contribution < -0.4 is 0 Å². The molecule has 0 aliphatic rings. The number of fused-ring (bicyclic) bond motifs is 1. The number of carbonyl (C=O) groups is 1. The van der Waals surface area contributed by atoms with Crippen LogP contribution in [0.4, 0.5) is 0 Å². The van der Waals surface area contributed by atoms with Crippen LogP contribution in [0.5, 0.6) is 0 Å². The number of aryl methyl sites for hydroxylation is 1. The second-order valence-electron chi connectivity index (χ2n) is 2.73. The fourth-order valence-corrected chi connectivity index (χ4v) is 1.07. The Hall–Kier alpha value is -2.12. The lowest BCUT2D eigenvalue weighted by molar-refractivity contribution is 0.0515. The van der Waals surface area contributed by atoms with Crippen molar-refractivity contribution in [3.05, 3.63) is 11.4 Å². The van der Waals surface area contributed by atoms with Gasteiger partial charge in [-0.1, -0.05) is 9.73 Å². The Labute approximate surface area is 84.3 Å². The fraction of sp³-hybridized carbons (Fsp3) is 0.429. The predicted octanol–water partition coefficient (Wildman–Crippen LogP) is -0.601. The molecule has 8 heteroatoms. The molecule has 0 unspecified atom stereocenters. The van der Waals surface area contributed by atoms with Crippen LogP contribution in [0.15, 0.2) is 0 Å². The third-order valence-electron chi connectivity index (χ3n) is 1.71. The zero-order chi connectivity index (χ0) is 10.8. The zero-order valence-electron chi connectivity index (χ0n) is 8.21. The molecule has 0 radical (unpaired) electrons. The third kappa shape index (κ3) is 1.60. The molecule has 2 heterocycles. The van der Waals surface area contributed by atoms with Gasteiger partial charge in [-0.25, -0.2) is 9.78 Å². The highest BCUT2D eigenvalue weighted by atomic mass is 16.5. The first-order valence-electron chi connectivity index (χ1n) is 4.32. The average molecular weight is 208 g/mol. The van der Waals surface area contributed by atoms with Gasteiger partial charge in [-0.05, 0) is 24.3 Å². The molecule has 0 N–H and O–H groups in total. The first kappa shape index (κ1) is 9.44. The van der Waals surface area contributed by atoms with E-state index >= 15 is 0 Å². The summed E-state index contributed by atoms with van der Waals surface area (Å²) in [5.41, 5.74) is 0.562. The van der Waals surface area contributed by atoms with Gasteiger partial charge in [-0.15, -0.1) is 5.10 Å². The van der Waals surface area contributed by atoms with E-state index < -0.39 is 5.97 Å². The molecule has 0 spiro atoms. The van der Waals surface area contributed by atoms with E-state index in [9.17, 15) is 4.79 Å². The van der Waals surface area contributed by atoms with Crippen LogP contribution in [0.3, 0.4) is 0 Å². The van der Waals surface area contributed by atoms with Gasteiger partial charge in [-0.3, -0.25) is 0 Å². The van der Waals surface area contributed by atoms with E-state index in [0.29, 0.717) is 5.69 Å². The SMILES string of the molecule is CCOC(=O)c1nn2nnnc2nc1C. The molecular formula is C7H8N6O2.